The Morgan fingerprint density at radius 3 is 2.94 bits per heavy atom. The van der Waals surface area contributed by atoms with E-state index in [1.54, 1.807) is 6.07 Å². The highest BCUT2D eigenvalue weighted by atomic mass is 16.3. The summed E-state index contributed by atoms with van der Waals surface area (Å²) in [5.74, 6) is 1.10. The Kier molecular flexibility index (Phi) is 3.49. The molecule has 2 rings (SSSR count). The molecule has 1 fully saturated rings. The van der Waals surface area contributed by atoms with Crippen molar-refractivity contribution >= 4 is 0 Å². The molecule has 1 aromatic carbocycles. The lowest BCUT2D eigenvalue weighted by Gasteiger charge is -2.27. The zero-order valence-electron chi connectivity index (χ0n) is 10.2. The Bertz CT molecular complexity index is 348. The maximum Gasteiger partial charge on any atom is 0.115 e. The third-order valence-corrected chi connectivity index (χ3v) is 3.48. The van der Waals surface area contributed by atoms with Crippen LogP contribution in [0.1, 0.15) is 32.3 Å². The number of likely N-dealkylation sites (tertiary alicyclic amines) is 1. The van der Waals surface area contributed by atoms with Crippen LogP contribution in [-0.4, -0.2) is 22.6 Å². The summed E-state index contributed by atoms with van der Waals surface area (Å²) in [6.07, 6.45) is 2.62. The zero-order valence-corrected chi connectivity index (χ0v) is 10.2. The van der Waals surface area contributed by atoms with Crippen LogP contribution in [0.5, 0.6) is 5.75 Å². The average Bonchev–Trinajstić information content (AvgIpc) is 2.66. The van der Waals surface area contributed by atoms with Gasteiger partial charge in [-0.1, -0.05) is 26.0 Å². The van der Waals surface area contributed by atoms with Gasteiger partial charge in [0.15, 0.2) is 0 Å². The van der Waals surface area contributed by atoms with E-state index in [1.165, 1.54) is 24.9 Å². The molecule has 1 heterocycles. The van der Waals surface area contributed by atoms with E-state index in [-0.39, 0.29) is 0 Å². The summed E-state index contributed by atoms with van der Waals surface area (Å²) in [5, 5.41) is 9.44. The molecule has 0 amide bonds. The van der Waals surface area contributed by atoms with E-state index in [1.807, 2.05) is 12.1 Å². The Morgan fingerprint density at radius 1 is 1.44 bits per heavy atom. The summed E-state index contributed by atoms with van der Waals surface area (Å²) >= 11 is 0. The van der Waals surface area contributed by atoms with Crippen molar-refractivity contribution in [3.05, 3.63) is 29.8 Å². The quantitative estimate of drug-likeness (QED) is 0.844. The minimum Gasteiger partial charge on any atom is -0.508 e. The minimum absolute atomic E-state index is 0.373. The van der Waals surface area contributed by atoms with Crippen molar-refractivity contribution in [2.45, 2.75) is 39.3 Å². The maximum atomic E-state index is 9.44. The number of nitrogens with zero attached hydrogens (tertiary/aromatic N) is 1. The summed E-state index contributed by atoms with van der Waals surface area (Å²) in [6, 6.07) is 8.33. The van der Waals surface area contributed by atoms with Gasteiger partial charge in [-0.2, -0.15) is 0 Å². The zero-order chi connectivity index (χ0) is 11.5. The molecule has 1 aliphatic heterocycles. The monoisotopic (exact) mass is 219 g/mol. The van der Waals surface area contributed by atoms with Gasteiger partial charge in [0.05, 0.1) is 0 Å². The minimum atomic E-state index is 0.373. The molecule has 0 aliphatic carbocycles. The fourth-order valence-corrected chi connectivity index (χ4v) is 2.69. The van der Waals surface area contributed by atoms with Crippen LogP contribution in [0.3, 0.4) is 0 Å². The summed E-state index contributed by atoms with van der Waals surface area (Å²) in [4.78, 5) is 2.54. The van der Waals surface area contributed by atoms with Crippen molar-refractivity contribution in [3.63, 3.8) is 0 Å². The van der Waals surface area contributed by atoms with Crippen molar-refractivity contribution in [2.24, 2.45) is 5.92 Å². The molecule has 1 atom stereocenters. The summed E-state index contributed by atoms with van der Waals surface area (Å²) in [7, 11) is 0. The van der Waals surface area contributed by atoms with Gasteiger partial charge in [0.1, 0.15) is 5.75 Å². The third kappa shape index (κ3) is 2.56. The third-order valence-electron chi connectivity index (χ3n) is 3.48. The van der Waals surface area contributed by atoms with Crippen LogP contribution in [0.4, 0.5) is 0 Å². The first-order chi connectivity index (χ1) is 7.66. The van der Waals surface area contributed by atoms with Gasteiger partial charge in [-0.15, -0.1) is 0 Å². The summed E-state index contributed by atoms with van der Waals surface area (Å²) in [5.41, 5.74) is 1.22. The van der Waals surface area contributed by atoms with Crippen LogP contribution in [-0.2, 0) is 6.54 Å². The molecule has 0 radical (unpaired) electrons. The highest BCUT2D eigenvalue weighted by Crippen LogP contribution is 2.26. The number of phenolic OH excluding ortho intramolecular Hbond substituents is 1. The molecule has 1 N–H and O–H groups in total. The molecule has 16 heavy (non-hydrogen) atoms. The van der Waals surface area contributed by atoms with Crippen LogP contribution in [0.15, 0.2) is 24.3 Å². The molecule has 2 nitrogen and oxygen atoms in total. The van der Waals surface area contributed by atoms with Crippen LogP contribution < -0.4 is 0 Å². The number of hydrogen-bond acceptors (Lipinski definition) is 2. The van der Waals surface area contributed by atoms with Gasteiger partial charge in [-0.25, -0.2) is 0 Å². The van der Waals surface area contributed by atoms with E-state index in [0.29, 0.717) is 11.8 Å². The largest absolute Gasteiger partial charge is 0.508 e. The number of phenols is 1. The molecule has 1 aliphatic rings. The van der Waals surface area contributed by atoms with Gasteiger partial charge in [0.25, 0.3) is 0 Å². The van der Waals surface area contributed by atoms with Gasteiger partial charge < -0.3 is 5.11 Å². The molecule has 2 heteroatoms. The number of rotatable bonds is 3. The van der Waals surface area contributed by atoms with Crippen molar-refractivity contribution in [3.8, 4) is 5.75 Å². The second-order valence-corrected chi connectivity index (χ2v) is 5.09. The van der Waals surface area contributed by atoms with Crippen LogP contribution in [0, 0.1) is 5.92 Å². The number of hydrogen-bond donors (Lipinski definition) is 1. The van der Waals surface area contributed by atoms with Gasteiger partial charge in [0.2, 0.25) is 0 Å². The fourth-order valence-electron chi connectivity index (χ4n) is 2.69. The van der Waals surface area contributed by atoms with Crippen molar-refractivity contribution in [1.29, 1.82) is 0 Å². The fraction of sp³-hybridized carbons (Fsp3) is 0.571. The molecule has 1 saturated heterocycles. The first-order valence-corrected chi connectivity index (χ1v) is 6.19. The van der Waals surface area contributed by atoms with Crippen molar-refractivity contribution < 1.29 is 5.11 Å². The van der Waals surface area contributed by atoms with E-state index >= 15 is 0 Å². The van der Waals surface area contributed by atoms with Gasteiger partial charge in [-0.3, -0.25) is 4.90 Å². The number of aromatic hydroxyl groups is 1. The van der Waals surface area contributed by atoms with Crippen LogP contribution in [0.2, 0.25) is 0 Å². The first-order valence-electron chi connectivity index (χ1n) is 6.19. The Hall–Kier alpha value is -1.02. The van der Waals surface area contributed by atoms with Gasteiger partial charge in [0, 0.05) is 12.6 Å². The van der Waals surface area contributed by atoms with E-state index in [4.69, 9.17) is 0 Å². The Labute approximate surface area is 97.9 Å². The lowest BCUT2D eigenvalue weighted by Crippen LogP contribution is -2.32. The lowest BCUT2D eigenvalue weighted by molar-refractivity contribution is 0.198. The lowest BCUT2D eigenvalue weighted by atomic mass is 10.0. The van der Waals surface area contributed by atoms with Gasteiger partial charge in [-0.05, 0) is 43.0 Å². The average molecular weight is 219 g/mol. The normalized spacial score (nSPS) is 21.8. The van der Waals surface area contributed by atoms with Gasteiger partial charge >= 0.3 is 0 Å². The molecular weight excluding hydrogens is 198 g/mol. The standard InChI is InChI=1S/C14H21NO/c1-11(2)14-7-4-8-15(14)10-12-5-3-6-13(16)9-12/h3,5-6,9,11,14,16H,4,7-8,10H2,1-2H3. The second-order valence-electron chi connectivity index (χ2n) is 5.09. The van der Waals surface area contributed by atoms with E-state index < -0.39 is 0 Å². The molecule has 0 saturated carbocycles. The molecular formula is C14H21NO. The topological polar surface area (TPSA) is 23.5 Å². The van der Waals surface area contributed by atoms with Crippen LogP contribution >= 0.6 is 0 Å². The van der Waals surface area contributed by atoms with Crippen LogP contribution in [0.25, 0.3) is 0 Å². The van der Waals surface area contributed by atoms with E-state index in [9.17, 15) is 5.11 Å². The number of benzene rings is 1. The predicted molar refractivity (Wildman–Crippen MR) is 66.4 cm³/mol. The van der Waals surface area contributed by atoms with Crippen molar-refractivity contribution in [2.75, 3.05) is 6.54 Å². The highest BCUT2D eigenvalue weighted by Gasteiger charge is 2.26. The highest BCUT2D eigenvalue weighted by molar-refractivity contribution is 5.27. The molecule has 0 aromatic heterocycles. The SMILES string of the molecule is CC(C)C1CCCN1Cc1cccc(O)c1. The molecule has 0 spiro atoms. The molecule has 1 aromatic rings. The second kappa shape index (κ2) is 4.88. The maximum absolute atomic E-state index is 9.44. The van der Waals surface area contributed by atoms with E-state index in [2.05, 4.69) is 24.8 Å². The molecule has 0 bridgehead atoms. The summed E-state index contributed by atoms with van der Waals surface area (Å²) < 4.78 is 0. The predicted octanol–water partition coefficient (Wildman–Crippen LogP) is 3.01. The van der Waals surface area contributed by atoms with Crippen molar-refractivity contribution in [1.82, 2.24) is 4.90 Å². The Balaban J connectivity index is 2.04. The summed E-state index contributed by atoms with van der Waals surface area (Å²) in [6.45, 7) is 6.76. The van der Waals surface area contributed by atoms with E-state index in [0.717, 1.165) is 12.5 Å². The Morgan fingerprint density at radius 2 is 2.25 bits per heavy atom. The smallest absolute Gasteiger partial charge is 0.115 e. The molecule has 1 unspecified atom stereocenters. The first kappa shape index (κ1) is 11.5. The molecule has 88 valence electrons.